The van der Waals surface area contributed by atoms with Crippen molar-refractivity contribution in [3.8, 4) is 0 Å². The van der Waals surface area contributed by atoms with E-state index in [1.807, 2.05) is 6.92 Å². The van der Waals surface area contributed by atoms with Crippen LogP contribution in [0.1, 0.15) is 25.3 Å². The van der Waals surface area contributed by atoms with Gasteiger partial charge in [-0.1, -0.05) is 0 Å². The van der Waals surface area contributed by atoms with E-state index >= 15 is 0 Å². The third-order valence-electron chi connectivity index (χ3n) is 3.08. The first-order valence-electron chi connectivity index (χ1n) is 5.79. The average Bonchev–Trinajstić information content (AvgIpc) is 2.32. The molecular weight excluding hydrogens is 218 g/mol. The molecule has 0 radical (unpaired) electrons. The van der Waals surface area contributed by atoms with Gasteiger partial charge in [-0.2, -0.15) is 0 Å². The minimum absolute atomic E-state index is 0.0662. The predicted octanol–water partition coefficient (Wildman–Crippen LogP) is 1.05. The summed E-state index contributed by atoms with van der Waals surface area (Å²) in [6, 6.07) is 0. The maximum absolute atomic E-state index is 5.51. The Hall–Kier alpha value is -1.40. The van der Waals surface area contributed by atoms with Gasteiger partial charge in [0.25, 0.3) is 0 Å². The van der Waals surface area contributed by atoms with Gasteiger partial charge in [-0.25, -0.2) is 15.8 Å². The van der Waals surface area contributed by atoms with Gasteiger partial charge in [0.2, 0.25) is 0 Å². The fraction of sp³-hybridized carbons (Fsp3) is 0.636. The highest BCUT2D eigenvalue weighted by Crippen LogP contribution is 2.26. The maximum atomic E-state index is 5.51. The normalized spacial score (nSPS) is 24.4. The summed E-state index contributed by atoms with van der Waals surface area (Å²) in [5.74, 6) is 6.84. The van der Waals surface area contributed by atoms with Crippen LogP contribution >= 0.6 is 0 Å². The second-order valence-electron chi connectivity index (χ2n) is 4.68. The van der Waals surface area contributed by atoms with Crippen LogP contribution in [0.25, 0.3) is 0 Å². The summed E-state index contributed by atoms with van der Waals surface area (Å²) >= 11 is 0. The molecule has 1 aromatic rings. The molecule has 17 heavy (non-hydrogen) atoms. The molecule has 1 aromatic heterocycles. The molecule has 94 valence electrons. The van der Waals surface area contributed by atoms with Crippen LogP contribution in [0.3, 0.4) is 0 Å². The lowest BCUT2D eigenvalue weighted by Gasteiger charge is -2.35. The van der Waals surface area contributed by atoms with Crippen LogP contribution in [0, 0.1) is 6.92 Å². The third kappa shape index (κ3) is 2.65. The number of nitrogens with two attached hydrogens (primary N) is 1. The largest absolute Gasteiger partial charge is 0.379 e. The van der Waals surface area contributed by atoms with Crippen molar-refractivity contribution in [2.24, 2.45) is 5.84 Å². The minimum Gasteiger partial charge on any atom is -0.379 e. The number of nitrogen functional groups attached to an aromatic ring is 1. The Morgan fingerprint density at radius 1 is 1.41 bits per heavy atom. The number of aromatic nitrogens is 2. The molecular formula is C11H19N5O. The molecule has 0 amide bonds. The molecule has 6 heteroatoms. The molecule has 1 saturated heterocycles. The van der Waals surface area contributed by atoms with Crippen molar-refractivity contribution >= 4 is 11.6 Å². The molecule has 6 nitrogen and oxygen atoms in total. The van der Waals surface area contributed by atoms with E-state index in [1.165, 1.54) is 6.33 Å². The highest BCUT2D eigenvalue weighted by atomic mass is 16.5. The Labute approximate surface area is 101 Å². The molecule has 1 unspecified atom stereocenters. The maximum Gasteiger partial charge on any atom is 0.148 e. The van der Waals surface area contributed by atoms with Gasteiger partial charge in [0.05, 0.1) is 12.1 Å². The summed E-state index contributed by atoms with van der Waals surface area (Å²) < 4.78 is 5.51. The van der Waals surface area contributed by atoms with E-state index in [1.54, 1.807) is 0 Å². The van der Waals surface area contributed by atoms with Crippen molar-refractivity contribution in [2.75, 3.05) is 24.0 Å². The molecule has 0 bridgehead atoms. The van der Waals surface area contributed by atoms with E-state index in [0.717, 1.165) is 30.8 Å². The van der Waals surface area contributed by atoms with Crippen molar-refractivity contribution in [1.82, 2.24) is 9.97 Å². The first-order valence-corrected chi connectivity index (χ1v) is 5.79. The summed E-state index contributed by atoms with van der Waals surface area (Å²) in [5, 5.41) is 3.43. The summed E-state index contributed by atoms with van der Waals surface area (Å²) in [4.78, 5) is 8.31. The Bertz CT molecular complexity index is 389. The molecule has 1 atom stereocenters. The van der Waals surface area contributed by atoms with E-state index in [2.05, 4.69) is 27.6 Å². The SMILES string of the molecule is Cc1c(NN)ncnc1NC1(C)CCCOC1. The monoisotopic (exact) mass is 237 g/mol. The highest BCUT2D eigenvalue weighted by Gasteiger charge is 2.28. The van der Waals surface area contributed by atoms with E-state index in [0.29, 0.717) is 12.4 Å². The average molecular weight is 237 g/mol. The van der Waals surface area contributed by atoms with Gasteiger partial charge in [0.15, 0.2) is 0 Å². The molecule has 2 heterocycles. The Morgan fingerprint density at radius 3 is 2.82 bits per heavy atom. The molecule has 2 rings (SSSR count). The number of ether oxygens (including phenoxy) is 1. The van der Waals surface area contributed by atoms with Crippen LogP contribution in [-0.2, 0) is 4.74 Å². The van der Waals surface area contributed by atoms with Gasteiger partial charge >= 0.3 is 0 Å². The molecule has 0 spiro atoms. The zero-order valence-corrected chi connectivity index (χ0v) is 10.3. The van der Waals surface area contributed by atoms with Crippen molar-refractivity contribution in [3.05, 3.63) is 11.9 Å². The zero-order chi connectivity index (χ0) is 12.3. The molecule has 4 N–H and O–H groups in total. The first kappa shape index (κ1) is 12.1. The molecule has 0 aromatic carbocycles. The van der Waals surface area contributed by atoms with Crippen molar-refractivity contribution in [1.29, 1.82) is 0 Å². The molecule has 0 aliphatic carbocycles. The fourth-order valence-electron chi connectivity index (χ4n) is 2.04. The molecule has 0 saturated carbocycles. The van der Waals surface area contributed by atoms with Gasteiger partial charge < -0.3 is 15.5 Å². The lowest BCUT2D eigenvalue weighted by molar-refractivity contribution is 0.0538. The summed E-state index contributed by atoms with van der Waals surface area (Å²) in [6.45, 7) is 5.62. The zero-order valence-electron chi connectivity index (χ0n) is 10.3. The van der Waals surface area contributed by atoms with Crippen LogP contribution in [0.4, 0.5) is 11.6 Å². The van der Waals surface area contributed by atoms with Crippen molar-refractivity contribution in [3.63, 3.8) is 0 Å². The number of hydrogen-bond acceptors (Lipinski definition) is 6. The second kappa shape index (κ2) is 4.85. The predicted molar refractivity (Wildman–Crippen MR) is 66.7 cm³/mol. The number of nitrogens with zero attached hydrogens (tertiary/aromatic N) is 2. The third-order valence-corrected chi connectivity index (χ3v) is 3.08. The topological polar surface area (TPSA) is 85.1 Å². The number of hydrazine groups is 1. The van der Waals surface area contributed by atoms with Gasteiger partial charge in [0.1, 0.15) is 18.0 Å². The van der Waals surface area contributed by atoms with E-state index in [9.17, 15) is 0 Å². The number of hydrogen-bond donors (Lipinski definition) is 3. The van der Waals surface area contributed by atoms with Crippen LogP contribution in [0.15, 0.2) is 6.33 Å². The smallest absolute Gasteiger partial charge is 0.148 e. The lowest BCUT2D eigenvalue weighted by Crippen LogP contribution is -2.43. The number of rotatable bonds is 3. The molecule has 1 fully saturated rings. The fourth-order valence-corrected chi connectivity index (χ4v) is 2.04. The summed E-state index contributed by atoms with van der Waals surface area (Å²) in [6.07, 6.45) is 3.63. The number of anilines is 2. The minimum atomic E-state index is -0.0662. The van der Waals surface area contributed by atoms with E-state index in [-0.39, 0.29) is 5.54 Å². The molecule has 1 aliphatic rings. The Balaban J connectivity index is 2.17. The second-order valence-corrected chi connectivity index (χ2v) is 4.68. The van der Waals surface area contributed by atoms with Crippen LogP contribution in [0.2, 0.25) is 0 Å². The lowest BCUT2D eigenvalue weighted by atomic mass is 9.95. The first-order chi connectivity index (χ1) is 8.14. The number of nitrogens with one attached hydrogen (secondary N) is 2. The van der Waals surface area contributed by atoms with Crippen molar-refractivity contribution < 1.29 is 4.74 Å². The Morgan fingerprint density at radius 2 is 2.18 bits per heavy atom. The van der Waals surface area contributed by atoms with Gasteiger partial charge in [0, 0.05) is 12.2 Å². The Kier molecular flexibility index (Phi) is 3.44. The van der Waals surface area contributed by atoms with Crippen molar-refractivity contribution in [2.45, 2.75) is 32.2 Å². The van der Waals surface area contributed by atoms with Crippen LogP contribution in [0.5, 0.6) is 0 Å². The van der Waals surface area contributed by atoms with Crippen LogP contribution < -0.4 is 16.6 Å². The van der Waals surface area contributed by atoms with Gasteiger partial charge in [-0.15, -0.1) is 0 Å². The van der Waals surface area contributed by atoms with E-state index in [4.69, 9.17) is 10.6 Å². The highest BCUT2D eigenvalue weighted by molar-refractivity contribution is 5.56. The summed E-state index contributed by atoms with van der Waals surface area (Å²) in [5.41, 5.74) is 3.42. The summed E-state index contributed by atoms with van der Waals surface area (Å²) in [7, 11) is 0. The van der Waals surface area contributed by atoms with Crippen LogP contribution in [-0.4, -0.2) is 28.7 Å². The van der Waals surface area contributed by atoms with Gasteiger partial charge in [-0.3, -0.25) is 0 Å². The molecule has 1 aliphatic heterocycles. The quantitative estimate of drug-likeness (QED) is 0.538. The standard InChI is InChI=1S/C11H19N5O/c1-8-9(13-7-14-10(8)16-12)15-11(2)4-3-5-17-6-11/h7H,3-6,12H2,1-2H3,(H2,13,14,15,16). The van der Waals surface area contributed by atoms with E-state index < -0.39 is 0 Å². The van der Waals surface area contributed by atoms with Gasteiger partial charge in [-0.05, 0) is 26.7 Å².